The monoisotopic (exact) mass is 193 g/mol. The molecule has 4 N–H and O–H groups in total. The van der Waals surface area contributed by atoms with E-state index in [1.54, 1.807) is 10.9 Å². The second-order valence-corrected chi connectivity index (χ2v) is 3.02. The van der Waals surface area contributed by atoms with Crippen LogP contribution in [0.2, 0.25) is 0 Å². The van der Waals surface area contributed by atoms with Gasteiger partial charge in [0.05, 0.1) is 11.8 Å². The standard InChI is InChI=1S/C7H11N7/c1-4-5(3-10-13(4)2)6-11-12-7(8)14(6)9/h3H,9H2,1-2H3,(H2,8,12). The summed E-state index contributed by atoms with van der Waals surface area (Å²) in [4.78, 5) is 0. The molecule has 7 nitrogen and oxygen atoms in total. The van der Waals surface area contributed by atoms with Gasteiger partial charge in [-0.3, -0.25) is 4.68 Å². The lowest BCUT2D eigenvalue weighted by Crippen LogP contribution is -2.13. The number of nitrogens with two attached hydrogens (primary N) is 2. The van der Waals surface area contributed by atoms with Crippen LogP contribution in [0.25, 0.3) is 11.4 Å². The Morgan fingerprint density at radius 3 is 2.50 bits per heavy atom. The first-order valence-corrected chi connectivity index (χ1v) is 4.06. The van der Waals surface area contributed by atoms with Gasteiger partial charge in [-0.25, -0.2) is 4.68 Å². The molecule has 0 saturated heterocycles. The fraction of sp³-hybridized carbons (Fsp3) is 0.286. The van der Waals surface area contributed by atoms with Gasteiger partial charge in [0.1, 0.15) is 0 Å². The van der Waals surface area contributed by atoms with Crippen LogP contribution >= 0.6 is 0 Å². The third-order valence-electron chi connectivity index (χ3n) is 2.20. The molecule has 0 saturated carbocycles. The van der Waals surface area contributed by atoms with Gasteiger partial charge in [0.15, 0.2) is 5.82 Å². The summed E-state index contributed by atoms with van der Waals surface area (Å²) in [5, 5.41) is 11.6. The van der Waals surface area contributed by atoms with Crippen LogP contribution in [0, 0.1) is 6.92 Å². The Bertz CT molecular complexity index is 422. The summed E-state index contributed by atoms with van der Waals surface area (Å²) in [6.07, 6.45) is 1.68. The van der Waals surface area contributed by atoms with Gasteiger partial charge in [-0.05, 0) is 6.92 Å². The lowest BCUT2D eigenvalue weighted by molar-refractivity contribution is 0.740. The maximum absolute atomic E-state index is 5.64. The van der Waals surface area contributed by atoms with E-state index in [1.807, 2.05) is 14.0 Å². The number of aromatic nitrogens is 5. The van der Waals surface area contributed by atoms with Gasteiger partial charge in [-0.1, -0.05) is 0 Å². The van der Waals surface area contributed by atoms with Crippen molar-refractivity contribution < 1.29 is 0 Å². The quantitative estimate of drug-likeness (QED) is 0.582. The first-order valence-electron chi connectivity index (χ1n) is 4.06. The van der Waals surface area contributed by atoms with Crippen LogP contribution < -0.4 is 11.6 Å². The summed E-state index contributed by atoms with van der Waals surface area (Å²) in [5.41, 5.74) is 7.27. The first-order chi connectivity index (χ1) is 6.61. The zero-order valence-electron chi connectivity index (χ0n) is 7.97. The highest BCUT2D eigenvalue weighted by Gasteiger charge is 2.14. The van der Waals surface area contributed by atoms with Crippen molar-refractivity contribution in [2.75, 3.05) is 11.6 Å². The second-order valence-electron chi connectivity index (χ2n) is 3.02. The van der Waals surface area contributed by atoms with Crippen LogP contribution in [0.1, 0.15) is 5.69 Å². The Hall–Kier alpha value is -2.05. The summed E-state index contributed by atoms with van der Waals surface area (Å²) in [6.45, 7) is 1.92. The van der Waals surface area contributed by atoms with Gasteiger partial charge < -0.3 is 11.6 Å². The fourth-order valence-electron chi connectivity index (χ4n) is 1.21. The molecule has 0 aromatic carbocycles. The molecule has 7 heteroatoms. The maximum atomic E-state index is 5.64. The van der Waals surface area contributed by atoms with Gasteiger partial charge >= 0.3 is 0 Å². The Balaban J connectivity index is 2.60. The highest BCUT2D eigenvalue weighted by atomic mass is 15.4. The van der Waals surface area contributed by atoms with Gasteiger partial charge in [-0.15, -0.1) is 10.2 Å². The number of hydrogen-bond acceptors (Lipinski definition) is 5. The molecule has 0 aliphatic heterocycles. The minimum Gasteiger partial charge on any atom is -0.366 e. The van der Waals surface area contributed by atoms with Crippen molar-refractivity contribution in [3.05, 3.63) is 11.9 Å². The maximum Gasteiger partial charge on any atom is 0.241 e. The van der Waals surface area contributed by atoms with Crippen LogP contribution in [0.15, 0.2) is 6.20 Å². The molecule has 0 aliphatic rings. The smallest absolute Gasteiger partial charge is 0.241 e. The SMILES string of the molecule is Cc1c(-c2nnc(N)n2N)cnn1C. The van der Waals surface area contributed by atoms with Crippen molar-refractivity contribution in [1.29, 1.82) is 0 Å². The number of anilines is 1. The Morgan fingerprint density at radius 2 is 2.07 bits per heavy atom. The van der Waals surface area contributed by atoms with Crippen LogP contribution in [0.3, 0.4) is 0 Å². The van der Waals surface area contributed by atoms with E-state index in [0.717, 1.165) is 11.3 Å². The lowest BCUT2D eigenvalue weighted by atomic mass is 10.2. The minimum atomic E-state index is 0.184. The molecule has 2 aromatic heterocycles. The molecule has 0 atom stereocenters. The van der Waals surface area contributed by atoms with Gasteiger partial charge in [0, 0.05) is 12.7 Å². The summed E-state index contributed by atoms with van der Waals surface area (Å²) >= 11 is 0. The van der Waals surface area contributed by atoms with E-state index in [9.17, 15) is 0 Å². The van der Waals surface area contributed by atoms with E-state index < -0.39 is 0 Å². The lowest BCUT2D eigenvalue weighted by Gasteiger charge is -1.99. The summed E-state index contributed by atoms with van der Waals surface area (Å²) in [6, 6.07) is 0. The van der Waals surface area contributed by atoms with Crippen molar-refractivity contribution in [1.82, 2.24) is 24.7 Å². The zero-order valence-corrected chi connectivity index (χ0v) is 7.97. The normalized spacial score (nSPS) is 10.7. The van der Waals surface area contributed by atoms with Crippen molar-refractivity contribution >= 4 is 5.95 Å². The zero-order chi connectivity index (χ0) is 10.3. The van der Waals surface area contributed by atoms with Gasteiger partial charge in [0.2, 0.25) is 5.95 Å². The van der Waals surface area contributed by atoms with Crippen LogP contribution in [-0.4, -0.2) is 24.7 Å². The Labute approximate surface area is 80.3 Å². The third kappa shape index (κ3) is 1.02. The predicted molar refractivity (Wildman–Crippen MR) is 51.5 cm³/mol. The first kappa shape index (κ1) is 8.54. The average Bonchev–Trinajstić information content (AvgIpc) is 2.63. The molecule has 0 bridgehead atoms. The molecule has 0 spiro atoms. The summed E-state index contributed by atoms with van der Waals surface area (Å²) in [7, 11) is 1.85. The molecular formula is C7H11N7. The van der Waals surface area contributed by atoms with E-state index in [1.165, 1.54) is 4.68 Å². The van der Waals surface area contributed by atoms with Crippen LogP contribution in [0.5, 0.6) is 0 Å². The molecule has 0 fully saturated rings. The number of rotatable bonds is 1. The largest absolute Gasteiger partial charge is 0.366 e. The number of aryl methyl sites for hydroxylation is 1. The van der Waals surface area contributed by atoms with E-state index in [2.05, 4.69) is 15.3 Å². The van der Waals surface area contributed by atoms with E-state index >= 15 is 0 Å². The third-order valence-corrected chi connectivity index (χ3v) is 2.20. The van der Waals surface area contributed by atoms with Crippen molar-refractivity contribution in [3.8, 4) is 11.4 Å². The van der Waals surface area contributed by atoms with E-state index in [4.69, 9.17) is 11.6 Å². The Morgan fingerprint density at radius 1 is 1.36 bits per heavy atom. The fourth-order valence-corrected chi connectivity index (χ4v) is 1.21. The molecule has 14 heavy (non-hydrogen) atoms. The highest BCUT2D eigenvalue weighted by molar-refractivity contribution is 5.58. The number of hydrogen-bond donors (Lipinski definition) is 2. The molecule has 0 unspecified atom stereocenters. The van der Waals surface area contributed by atoms with Crippen molar-refractivity contribution in [2.45, 2.75) is 6.92 Å². The van der Waals surface area contributed by atoms with Gasteiger partial charge in [-0.2, -0.15) is 5.10 Å². The molecular weight excluding hydrogens is 182 g/mol. The second kappa shape index (κ2) is 2.72. The van der Waals surface area contributed by atoms with Crippen molar-refractivity contribution in [2.24, 2.45) is 7.05 Å². The summed E-state index contributed by atoms with van der Waals surface area (Å²) < 4.78 is 2.98. The number of nitrogen functional groups attached to an aromatic ring is 2. The molecule has 2 aromatic rings. The molecule has 2 heterocycles. The number of nitrogens with zero attached hydrogens (tertiary/aromatic N) is 5. The molecule has 0 radical (unpaired) electrons. The highest BCUT2D eigenvalue weighted by Crippen LogP contribution is 2.19. The van der Waals surface area contributed by atoms with E-state index in [-0.39, 0.29) is 5.95 Å². The average molecular weight is 193 g/mol. The molecule has 74 valence electrons. The van der Waals surface area contributed by atoms with Gasteiger partial charge in [0.25, 0.3) is 0 Å². The van der Waals surface area contributed by atoms with E-state index in [0.29, 0.717) is 5.82 Å². The topological polar surface area (TPSA) is 101 Å². The van der Waals surface area contributed by atoms with Crippen LogP contribution in [0.4, 0.5) is 5.95 Å². The molecule has 0 aliphatic carbocycles. The molecule has 2 rings (SSSR count). The Kier molecular flexibility index (Phi) is 1.66. The predicted octanol–water partition coefficient (Wildman–Crippen LogP) is -0.717. The molecule has 0 amide bonds. The van der Waals surface area contributed by atoms with Crippen LogP contribution in [-0.2, 0) is 7.05 Å². The minimum absolute atomic E-state index is 0.184. The van der Waals surface area contributed by atoms with Crippen molar-refractivity contribution in [3.63, 3.8) is 0 Å². The summed E-state index contributed by atoms with van der Waals surface area (Å²) in [5.74, 6) is 6.35.